The summed E-state index contributed by atoms with van der Waals surface area (Å²) in [5.74, 6) is 0.280. The van der Waals surface area contributed by atoms with E-state index in [-0.39, 0.29) is 11.9 Å². The number of aryl methyl sites for hydroxylation is 1. The average molecular weight is 205 g/mol. The molecule has 0 aromatic carbocycles. The topological polar surface area (TPSA) is 79.6 Å². The van der Waals surface area contributed by atoms with Crippen molar-refractivity contribution in [3.63, 3.8) is 0 Å². The molecule has 1 unspecified atom stereocenters. The Morgan fingerprint density at radius 3 is 2.93 bits per heavy atom. The molecule has 1 aliphatic rings. The number of nitrogens with one attached hydrogen (secondary N) is 1. The van der Waals surface area contributed by atoms with Crippen molar-refractivity contribution in [3.05, 3.63) is 18.1 Å². The van der Waals surface area contributed by atoms with E-state index in [0.29, 0.717) is 18.8 Å². The summed E-state index contributed by atoms with van der Waals surface area (Å²) in [6.45, 7) is 2.46. The summed E-state index contributed by atoms with van der Waals surface area (Å²) in [6.07, 6.45) is 3.80. The number of anilines is 1. The molecule has 6 heteroatoms. The van der Waals surface area contributed by atoms with E-state index in [1.165, 1.54) is 6.20 Å². The van der Waals surface area contributed by atoms with E-state index in [2.05, 4.69) is 25.5 Å². The second-order valence-corrected chi connectivity index (χ2v) is 3.32. The van der Waals surface area contributed by atoms with Gasteiger partial charge in [-0.1, -0.05) is 0 Å². The van der Waals surface area contributed by atoms with Crippen molar-refractivity contribution in [2.75, 3.05) is 11.9 Å². The van der Waals surface area contributed by atoms with E-state index in [4.69, 9.17) is 0 Å². The number of carbonyl (C=O) groups excluding carboxylic acids is 1. The second kappa shape index (κ2) is 4.12. The molecular weight excluding hydrogens is 194 g/mol. The van der Waals surface area contributed by atoms with Crippen molar-refractivity contribution >= 4 is 11.7 Å². The molecule has 1 N–H and O–H groups in total. The fourth-order valence-electron chi connectivity index (χ4n) is 1.24. The highest BCUT2D eigenvalue weighted by Crippen LogP contribution is 2.10. The van der Waals surface area contributed by atoms with Crippen molar-refractivity contribution < 1.29 is 4.79 Å². The smallest absolute Gasteiger partial charge is 0.252 e. The predicted molar refractivity (Wildman–Crippen MR) is 53.5 cm³/mol. The molecule has 0 saturated carbocycles. The Bertz CT molecular complexity index is 386. The largest absolute Gasteiger partial charge is 0.307 e. The molecule has 78 valence electrons. The summed E-state index contributed by atoms with van der Waals surface area (Å²) >= 11 is 0. The summed E-state index contributed by atoms with van der Waals surface area (Å²) in [5.41, 5.74) is 0.813. The molecule has 0 saturated heterocycles. The van der Waals surface area contributed by atoms with Crippen LogP contribution in [-0.2, 0) is 4.79 Å². The van der Waals surface area contributed by atoms with E-state index < -0.39 is 0 Å². The molecule has 6 nitrogen and oxygen atoms in total. The van der Waals surface area contributed by atoms with Gasteiger partial charge in [0.2, 0.25) is 0 Å². The minimum absolute atomic E-state index is 0.172. The zero-order chi connectivity index (χ0) is 10.7. The normalized spacial score (nSPS) is 19.1. The maximum atomic E-state index is 11.6. The van der Waals surface area contributed by atoms with Crippen LogP contribution in [0.15, 0.2) is 22.6 Å². The molecule has 1 aromatic heterocycles. The quantitative estimate of drug-likeness (QED) is 0.780. The Balaban J connectivity index is 1.99. The molecule has 1 aliphatic heterocycles. The number of hydrogen-bond donors (Lipinski definition) is 1. The fourth-order valence-corrected chi connectivity index (χ4v) is 1.24. The van der Waals surface area contributed by atoms with Gasteiger partial charge in [-0.05, 0) is 6.92 Å². The van der Waals surface area contributed by atoms with Crippen LogP contribution in [-0.4, -0.2) is 28.5 Å². The Morgan fingerprint density at radius 1 is 1.47 bits per heavy atom. The van der Waals surface area contributed by atoms with Gasteiger partial charge in [0, 0.05) is 6.42 Å². The van der Waals surface area contributed by atoms with Crippen molar-refractivity contribution in [3.8, 4) is 0 Å². The minimum atomic E-state index is -0.367. The van der Waals surface area contributed by atoms with E-state index in [1.807, 2.05) is 6.92 Å². The summed E-state index contributed by atoms with van der Waals surface area (Å²) < 4.78 is 0. The highest BCUT2D eigenvalue weighted by Gasteiger charge is 2.21. The third-order valence-corrected chi connectivity index (χ3v) is 2.06. The Kier molecular flexibility index (Phi) is 2.66. The van der Waals surface area contributed by atoms with Gasteiger partial charge in [-0.15, -0.1) is 0 Å². The monoisotopic (exact) mass is 205 g/mol. The predicted octanol–water partition coefficient (Wildman–Crippen LogP) is 0.948. The zero-order valence-electron chi connectivity index (χ0n) is 8.34. The van der Waals surface area contributed by atoms with Gasteiger partial charge < -0.3 is 5.32 Å². The highest BCUT2D eigenvalue weighted by molar-refractivity contribution is 5.94. The average Bonchev–Trinajstić information content (AvgIpc) is 2.74. The first kappa shape index (κ1) is 9.70. The lowest BCUT2D eigenvalue weighted by molar-refractivity contribution is -0.117. The van der Waals surface area contributed by atoms with E-state index in [1.54, 1.807) is 6.20 Å². The van der Waals surface area contributed by atoms with Crippen LogP contribution in [0.3, 0.4) is 0 Å². The van der Waals surface area contributed by atoms with Crippen LogP contribution in [0.25, 0.3) is 0 Å². The lowest BCUT2D eigenvalue weighted by Gasteiger charge is -2.06. The summed E-state index contributed by atoms with van der Waals surface area (Å²) in [7, 11) is 0. The summed E-state index contributed by atoms with van der Waals surface area (Å²) in [4.78, 5) is 19.6. The van der Waals surface area contributed by atoms with Crippen molar-refractivity contribution in [1.29, 1.82) is 0 Å². The van der Waals surface area contributed by atoms with Crippen LogP contribution >= 0.6 is 0 Å². The Labute approximate surface area is 86.8 Å². The first-order chi connectivity index (χ1) is 7.25. The third-order valence-electron chi connectivity index (χ3n) is 2.06. The highest BCUT2D eigenvalue weighted by atomic mass is 16.2. The number of aromatic nitrogens is 2. The standard InChI is InChI=1S/C9H11N5O/c1-6-4-11-8(5-10-6)13-9(15)7-2-3-12-14-7/h4-5,7H,2-3H2,1H3,(H,11,13,15). The molecule has 2 rings (SSSR count). The third kappa shape index (κ3) is 2.34. The van der Waals surface area contributed by atoms with Gasteiger partial charge in [0.05, 0.1) is 24.6 Å². The fraction of sp³-hybridized carbons (Fsp3) is 0.444. The molecule has 1 amide bonds. The van der Waals surface area contributed by atoms with Crippen LogP contribution in [0.2, 0.25) is 0 Å². The maximum absolute atomic E-state index is 11.6. The molecular formula is C9H11N5O. The number of hydrogen-bond acceptors (Lipinski definition) is 5. The van der Waals surface area contributed by atoms with Gasteiger partial charge >= 0.3 is 0 Å². The van der Waals surface area contributed by atoms with Crippen LogP contribution in [0.4, 0.5) is 5.82 Å². The van der Waals surface area contributed by atoms with E-state index in [9.17, 15) is 4.79 Å². The maximum Gasteiger partial charge on any atom is 0.252 e. The van der Waals surface area contributed by atoms with Crippen molar-refractivity contribution in [2.24, 2.45) is 10.2 Å². The summed E-state index contributed by atoms with van der Waals surface area (Å²) in [5, 5.41) is 10.2. The van der Waals surface area contributed by atoms with Crippen LogP contribution < -0.4 is 5.32 Å². The molecule has 0 bridgehead atoms. The Morgan fingerprint density at radius 2 is 2.33 bits per heavy atom. The number of amides is 1. The van der Waals surface area contributed by atoms with Crippen molar-refractivity contribution in [1.82, 2.24) is 9.97 Å². The minimum Gasteiger partial charge on any atom is -0.307 e. The molecule has 2 heterocycles. The number of carbonyl (C=O) groups is 1. The number of rotatable bonds is 2. The van der Waals surface area contributed by atoms with Gasteiger partial charge in [-0.25, -0.2) is 4.98 Å². The lowest BCUT2D eigenvalue weighted by atomic mass is 10.2. The van der Waals surface area contributed by atoms with Gasteiger partial charge in [0.15, 0.2) is 11.9 Å². The molecule has 0 radical (unpaired) electrons. The van der Waals surface area contributed by atoms with E-state index in [0.717, 1.165) is 5.69 Å². The number of nitrogens with zero attached hydrogens (tertiary/aromatic N) is 4. The first-order valence-electron chi connectivity index (χ1n) is 4.72. The number of azo groups is 1. The molecule has 15 heavy (non-hydrogen) atoms. The molecule has 0 aliphatic carbocycles. The Hall–Kier alpha value is -1.85. The van der Waals surface area contributed by atoms with Gasteiger partial charge in [-0.3, -0.25) is 9.78 Å². The van der Waals surface area contributed by atoms with Crippen LogP contribution in [0.1, 0.15) is 12.1 Å². The first-order valence-corrected chi connectivity index (χ1v) is 4.72. The van der Waals surface area contributed by atoms with E-state index >= 15 is 0 Å². The molecule has 1 atom stereocenters. The van der Waals surface area contributed by atoms with Crippen LogP contribution in [0, 0.1) is 6.92 Å². The van der Waals surface area contributed by atoms with Gasteiger partial charge in [-0.2, -0.15) is 10.2 Å². The van der Waals surface area contributed by atoms with Crippen LogP contribution in [0.5, 0.6) is 0 Å². The lowest BCUT2D eigenvalue weighted by Crippen LogP contribution is -2.25. The van der Waals surface area contributed by atoms with Gasteiger partial charge in [0.25, 0.3) is 5.91 Å². The SMILES string of the molecule is Cc1cnc(NC(=O)C2CCN=N2)cn1. The van der Waals surface area contributed by atoms with Gasteiger partial charge in [0.1, 0.15) is 0 Å². The van der Waals surface area contributed by atoms with Crippen molar-refractivity contribution in [2.45, 2.75) is 19.4 Å². The summed E-state index contributed by atoms with van der Waals surface area (Å²) in [6, 6.07) is -0.367. The zero-order valence-corrected chi connectivity index (χ0v) is 8.34. The second-order valence-electron chi connectivity index (χ2n) is 3.32. The molecule has 0 spiro atoms. The molecule has 0 fully saturated rings. The molecule has 1 aromatic rings.